The fourth-order valence-corrected chi connectivity index (χ4v) is 3.98. The number of amides is 1. The first-order valence-corrected chi connectivity index (χ1v) is 10.4. The molecule has 1 unspecified atom stereocenters. The van der Waals surface area contributed by atoms with Crippen LogP contribution in [0.25, 0.3) is 5.76 Å². The van der Waals surface area contributed by atoms with E-state index in [0.29, 0.717) is 21.9 Å². The van der Waals surface area contributed by atoms with E-state index in [-0.39, 0.29) is 22.9 Å². The van der Waals surface area contributed by atoms with Crippen LogP contribution in [0.1, 0.15) is 22.9 Å². The largest absolute Gasteiger partial charge is 0.507 e. The van der Waals surface area contributed by atoms with E-state index < -0.39 is 17.7 Å². The summed E-state index contributed by atoms with van der Waals surface area (Å²) in [5, 5.41) is 11.6. The molecule has 2 aromatic carbocycles. The Kier molecular flexibility index (Phi) is 5.73. The topological polar surface area (TPSA) is 70.8 Å². The van der Waals surface area contributed by atoms with Gasteiger partial charge in [0.25, 0.3) is 11.7 Å². The lowest BCUT2D eigenvalue weighted by Crippen LogP contribution is -2.29. The number of furan rings is 1. The maximum absolute atomic E-state index is 13.0. The zero-order valence-corrected chi connectivity index (χ0v) is 18.4. The molecule has 30 heavy (non-hydrogen) atoms. The zero-order valence-electron chi connectivity index (χ0n) is 15.3. The van der Waals surface area contributed by atoms with Crippen molar-refractivity contribution in [2.45, 2.75) is 12.6 Å². The van der Waals surface area contributed by atoms with Crippen LogP contribution >= 0.6 is 39.1 Å². The number of Topliss-reactive ketones (excluding diaryl/α,β-unsaturated/α-hetero) is 1. The Balaban J connectivity index is 1.88. The molecule has 4 rings (SSSR count). The Morgan fingerprint density at radius 2 is 1.80 bits per heavy atom. The quantitative estimate of drug-likeness (QED) is 0.269. The number of carbonyl (C=O) groups excluding carboxylic acids is 2. The summed E-state index contributed by atoms with van der Waals surface area (Å²) >= 11 is 15.6. The highest BCUT2D eigenvalue weighted by Crippen LogP contribution is 2.41. The SMILES string of the molecule is O=C1C(=O)N(Cc2ccco2)C(c2ccc(Cl)c(Cl)c2)/C1=C(\O)c1ccc(Br)cc1. The first kappa shape index (κ1) is 20.7. The molecule has 2 heterocycles. The number of halogens is 3. The van der Waals surface area contributed by atoms with E-state index in [9.17, 15) is 14.7 Å². The molecular formula is C22H14BrCl2NO4. The van der Waals surface area contributed by atoms with E-state index in [0.717, 1.165) is 4.47 Å². The van der Waals surface area contributed by atoms with Crippen LogP contribution in [0.2, 0.25) is 10.0 Å². The van der Waals surface area contributed by atoms with Gasteiger partial charge in [0, 0.05) is 10.0 Å². The maximum atomic E-state index is 13.0. The van der Waals surface area contributed by atoms with Gasteiger partial charge in [0.05, 0.1) is 34.5 Å². The number of likely N-dealkylation sites (tertiary alicyclic amines) is 1. The third kappa shape index (κ3) is 3.78. The monoisotopic (exact) mass is 505 g/mol. The molecule has 0 bridgehead atoms. The van der Waals surface area contributed by atoms with Crippen molar-refractivity contribution >= 4 is 56.6 Å². The van der Waals surface area contributed by atoms with Crippen LogP contribution in [-0.2, 0) is 16.1 Å². The van der Waals surface area contributed by atoms with Gasteiger partial charge < -0.3 is 14.4 Å². The summed E-state index contributed by atoms with van der Waals surface area (Å²) in [5.74, 6) is -1.27. The number of rotatable bonds is 4. The van der Waals surface area contributed by atoms with Gasteiger partial charge in [0.15, 0.2) is 0 Å². The molecule has 152 valence electrons. The summed E-state index contributed by atoms with van der Waals surface area (Å²) in [5.41, 5.74) is 0.945. The van der Waals surface area contributed by atoms with Crippen molar-refractivity contribution in [3.05, 3.63) is 97.8 Å². The lowest BCUT2D eigenvalue weighted by molar-refractivity contribution is -0.140. The molecule has 0 aliphatic carbocycles. The molecule has 0 saturated carbocycles. The molecule has 1 aliphatic heterocycles. The molecule has 0 radical (unpaired) electrons. The van der Waals surface area contributed by atoms with Crippen LogP contribution in [0.5, 0.6) is 0 Å². The smallest absolute Gasteiger partial charge is 0.296 e. The molecule has 8 heteroatoms. The molecule has 0 spiro atoms. The number of aliphatic hydroxyl groups is 1. The number of hydrogen-bond donors (Lipinski definition) is 1. The van der Waals surface area contributed by atoms with Crippen LogP contribution in [-0.4, -0.2) is 21.7 Å². The fraction of sp³-hybridized carbons (Fsp3) is 0.0909. The lowest BCUT2D eigenvalue weighted by Gasteiger charge is -2.24. The Labute approximate surface area is 190 Å². The van der Waals surface area contributed by atoms with Gasteiger partial charge in [-0.25, -0.2) is 0 Å². The minimum absolute atomic E-state index is 0.0210. The van der Waals surface area contributed by atoms with Crippen molar-refractivity contribution in [3.8, 4) is 0 Å². The van der Waals surface area contributed by atoms with Crippen LogP contribution < -0.4 is 0 Å². The van der Waals surface area contributed by atoms with E-state index in [1.54, 1.807) is 54.6 Å². The molecule has 1 saturated heterocycles. The standard InChI is InChI=1S/C22H14BrCl2NO4/c23-14-6-3-12(4-7-14)20(27)18-19(13-5-8-16(24)17(25)10-13)26(22(29)21(18)28)11-15-2-1-9-30-15/h1-10,19,27H,11H2/b20-18+. The van der Waals surface area contributed by atoms with E-state index in [1.807, 2.05) is 0 Å². The first-order chi connectivity index (χ1) is 14.4. The summed E-state index contributed by atoms with van der Waals surface area (Å²) < 4.78 is 6.18. The van der Waals surface area contributed by atoms with Gasteiger partial charge in [-0.1, -0.05) is 57.3 Å². The number of hydrogen-bond acceptors (Lipinski definition) is 4. The third-order valence-corrected chi connectivity index (χ3v) is 6.09. The molecule has 1 N–H and O–H groups in total. The van der Waals surface area contributed by atoms with Crippen molar-refractivity contribution in [1.29, 1.82) is 0 Å². The Bertz CT molecular complexity index is 1160. The van der Waals surface area contributed by atoms with E-state index in [4.69, 9.17) is 27.6 Å². The predicted molar refractivity (Wildman–Crippen MR) is 117 cm³/mol. The fourth-order valence-electron chi connectivity index (χ4n) is 3.41. The summed E-state index contributed by atoms with van der Waals surface area (Å²) in [4.78, 5) is 27.2. The number of benzene rings is 2. The van der Waals surface area contributed by atoms with Gasteiger partial charge >= 0.3 is 0 Å². The van der Waals surface area contributed by atoms with Crippen LogP contribution in [0.4, 0.5) is 0 Å². The van der Waals surface area contributed by atoms with Crippen molar-refractivity contribution in [1.82, 2.24) is 4.90 Å². The van der Waals surface area contributed by atoms with Gasteiger partial charge in [-0.3, -0.25) is 9.59 Å². The molecule has 5 nitrogen and oxygen atoms in total. The molecule has 1 fully saturated rings. The number of aliphatic hydroxyl groups excluding tert-OH is 1. The minimum atomic E-state index is -0.853. The number of carbonyl (C=O) groups is 2. The second-order valence-electron chi connectivity index (χ2n) is 6.69. The summed E-state index contributed by atoms with van der Waals surface area (Å²) in [6.07, 6.45) is 1.49. The van der Waals surface area contributed by atoms with Gasteiger partial charge in [-0.05, 0) is 42.0 Å². The molecule has 1 amide bonds. The van der Waals surface area contributed by atoms with E-state index in [2.05, 4.69) is 15.9 Å². The molecule has 1 aliphatic rings. The molecular weight excluding hydrogens is 493 g/mol. The Hall–Kier alpha value is -2.54. The van der Waals surface area contributed by atoms with Crippen LogP contribution in [0.3, 0.4) is 0 Å². The van der Waals surface area contributed by atoms with Gasteiger partial charge in [0.1, 0.15) is 11.5 Å². The lowest BCUT2D eigenvalue weighted by atomic mass is 9.95. The maximum Gasteiger partial charge on any atom is 0.296 e. The predicted octanol–water partition coefficient (Wildman–Crippen LogP) is 5.97. The second-order valence-corrected chi connectivity index (χ2v) is 8.42. The highest BCUT2D eigenvalue weighted by molar-refractivity contribution is 9.10. The molecule has 3 aromatic rings. The number of ketones is 1. The highest BCUT2D eigenvalue weighted by Gasteiger charge is 2.46. The second kappa shape index (κ2) is 8.30. The summed E-state index contributed by atoms with van der Waals surface area (Å²) in [6.45, 7) is 0.0552. The van der Waals surface area contributed by atoms with Gasteiger partial charge in [0.2, 0.25) is 0 Å². The zero-order chi connectivity index (χ0) is 21.4. The first-order valence-electron chi connectivity index (χ1n) is 8.88. The molecule has 1 aromatic heterocycles. The molecule has 1 atom stereocenters. The third-order valence-electron chi connectivity index (χ3n) is 4.82. The van der Waals surface area contributed by atoms with Crippen LogP contribution in [0, 0.1) is 0 Å². The average molecular weight is 507 g/mol. The number of nitrogens with zero attached hydrogens (tertiary/aromatic N) is 1. The van der Waals surface area contributed by atoms with E-state index in [1.165, 1.54) is 11.2 Å². The normalized spacial score (nSPS) is 18.2. The van der Waals surface area contributed by atoms with Crippen molar-refractivity contribution in [2.75, 3.05) is 0 Å². The average Bonchev–Trinajstić information content (AvgIpc) is 3.33. The van der Waals surface area contributed by atoms with Crippen molar-refractivity contribution in [3.63, 3.8) is 0 Å². The van der Waals surface area contributed by atoms with E-state index >= 15 is 0 Å². The Morgan fingerprint density at radius 1 is 1.07 bits per heavy atom. The van der Waals surface area contributed by atoms with Gasteiger partial charge in [-0.15, -0.1) is 0 Å². The highest BCUT2D eigenvalue weighted by atomic mass is 79.9. The summed E-state index contributed by atoms with van der Waals surface area (Å²) in [7, 11) is 0. The van der Waals surface area contributed by atoms with Crippen molar-refractivity contribution in [2.24, 2.45) is 0 Å². The minimum Gasteiger partial charge on any atom is -0.507 e. The summed E-state index contributed by atoms with van der Waals surface area (Å²) in [6, 6.07) is 14.2. The van der Waals surface area contributed by atoms with Crippen LogP contribution in [0.15, 0.2) is 75.3 Å². The van der Waals surface area contributed by atoms with Gasteiger partial charge in [-0.2, -0.15) is 0 Å². The van der Waals surface area contributed by atoms with Crippen molar-refractivity contribution < 1.29 is 19.1 Å². The Morgan fingerprint density at radius 3 is 2.43 bits per heavy atom.